The number of sulfonamides is 1. The molecular formula is C24H32N2O4S. The van der Waals surface area contributed by atoms with Crippen LogP contribution in [0.2, 0.25) is 0 Å². The van der Waals surface area contributed by atoms with Gasteiger partial charge in [-0.3, -0.25) is 4.79 Å². The van der Waals surface area contributed by atoms with Crippen LogP contribution in [-0.4, -0.2) is 44.9 Å². The molecule has 6 nitrogen and oxygen atoms in total. The highest BCUT2D eigenvalue weighted by Crippen LogP contribution is 2.24. The van der Waals surface area contributed by atoms with Gasteiger partial charge >= 0.3 is 0 Å². The molecule has 0 spiro atoms. The first-order chi connectivity index (χ1) is 14.9. The number of carbonyl (C=O) groups is 1. The molecule has 0 saturated carbocycles. The van der Waals surface area contributed by atoms with Crippen molar-refractivity contribution in [2.24, 2.45) is 0 Å². The highest BCUT2D eigenvalue weighted by atomic mass is 32.2. The molecule has 1 amide bonds. The van der Waals surface area contributed by atoms with Gasteiger partial charge in [-0.25, -0.2) is 8.42 Å². The average Bonchev–Trinajstić information content (AvgIpc) is 3.07. The molecule has 1 heterocycles. The number of amides is 1. The van der Waals surface area contributed by atoms with Crippen LogP contribution in [0.5, 0.6) is 5.75 Å². The molecule has 1 fully saturated rings. The summed E-state index contributed by atoms with van der Waals surface area (Å²) in [5.41, 5.74) is 2.23. The van der Waals surface area contributed by atoms with Crippen LogP contribution in [0, 0.1) is 6.92 Å². The summed E-state index contributed by atoms with van der Waals surface area (Å²) in [7, 11) is -3.61. The van der Waals surface area contributed by atoms with Crippen LogP contribution in [0.15, 0.2) is 47.4 Å². The van der Waals surface area contributed by atoms with Crippen molar-refractivity contribution in [2.45, 2.75) is 50.8 Å². The van der Waals surface area contributed by atoms with Gasteiger partial charge in [-0.05, 0) is 61.6 Å². The predicted molar refractivity (Wildman–Crippen MR) is 122 cm³/mol. The van der Waals surface area contributed by atoms with Gasteiger partial charge in [0.05, 0.1) is 11.4 Å². The number of rotatable bonds is 8. The van der Waals surface area contributed by atoms with E-state index in [2.05, 4.69) is 12.2 Å². The van der Waals surface area contributed by atoms with Gasteiger partial charge in [-0.2, -0.15) is 4.31 Å². The molecule has 3 rings (SSSR count). The van der Waals surface area contributed by atoms with Gasteiger partial charge in [0.15, 0.2) is 0 Å². The maximum absolute atomic E-state index is 13.2. The zero-order chi connectivity index (χ0) is 22.3. The summed E-state index contributed by atoms with van der Waals surface area (Å²) in [4.78, 5) is 12.8. The smallest absolute Gasteiger partial charge is 0.251 e. The van der Waals surface area contributed by atoms with Crippen LogP contribution in [0.4, 0.5) is 0 Å². The van der Waals surface area contributed by atoms with Crippen LogP contribution in [-0.2, 0) is 16.4 Å². The monoisotopic (exact) mass is 444 g/mol. The minimum absolute atomic E-state index is 0.217. The van der Waals surface area contributed by atoms with Crippen molar-refractivity contribution in [1.29, 1.82) is 0 Å². The van der Waals surface area contributed by atoms with Gasteiger partial charge in [0, 0.05) is 18.7 Å². The fourth-order valence-electron chi connectivity index (χ4n) is 3.70. The number of hydrogen-bond donors (Lipinski definition) is 1. The second-order valence-electron chi connectivity index (χ2n) is 7.90. The van der Waals surface area contributed by atoms with Crippen molar-refractivity contribution in [3.8, 4) is 5.75 Å². The van der Waals surface area contributed by atoms with E-state index in [1.54, 1.807) is 23.4 Å². The lowest BCUT2D eigenvalue weighted by Crippen LogP contribution is -2.33. The standard InChI is InChI=1S/C24H32N2O4S/c1-3-20-9-12-22(13-10-20)30-17-14-25-24(27)21-11-8-19(2)23(18-21)31(28,29)26-15-6-4-5-7-16-26/h8-13,18H,3-7,14-17H2,1-2H3,(H,25,27). The molecule has 0 aliphatic carbocycles. The van der Waals surface area contributed by atoms with E-state index in [1.807, 2.05) is 24.3 Å². The summed E-state index contributed by atoms with van der Waals surface area (Å²) in [6.07, 6.45) is 4.83. The third kappa shape index (κ3) is 6.08. The SMILES string of the molecule is CCc1ccc(OCCNC(=O)c2ccc(C)c(S(=O)(=O)N3CCCCCC3)c2)cc1. The quantitative estimate of drug-likeness (QED) is 0.626. The van der Waals surface area contributed by atoms with Crippen LogP contribution < -0.4 is 10.1 Å². The molecule has 1 N–H and O–H groups in total. The summed E-state index contributed by atoms with van der Waals surface area (Å²) >= 11 is 0. The van der Waals surface area contributed by atoms with E-state index in [9.17, 15) is 13.2 Å². The summed E-state index contributed by atoms with van der Waals surface area (Å²) in [6.45, 7) is 5.60. The molecule has 31 heavy (non-hydrogen) atoms. The maximum Gasteiger partial charge on any atom is 0.251 e. The van der Waals surface area contributed by atoms with E-state index < -0.39 is 10.0 Å². The Bertz CT molecular complexity index is 979. The Balaban J connectivity index is 1.61. The summed E-state index contributed by atoms with van der Waals surface area (Å²) < 4.78 is 33.6. The van der Waals surface area contributed by atoms with Crippen molar-refractivity contribution in [1.82, 2.24) is 9.62 Å². The highest BCUT2D eigenvalue weighted by molar-refractivity contribution is 7.89. The summed E-state index contributed by atoms with van der Waals surface area (Å²) in [6, 6.07) is 12.7. The average molecular weight is 445 g/mol. The molecule has 168 valence electrons. The second-order valence-corrected chi connectivity index (χ2v) is 9.81. The number of nitrogens with one attached hydrogen (secondary N) is 1. The maximum atomic E-state index is 13.2. The Labute approximate surface area is 185 Å². The first-order valence-electron chi connectivity index (χ1n) is 11.0. The minimum Gasteiger partial charge on any atom is -0.492 e. The third-order valence-corrected chi connectivity index (χ3v) is 7.66. The van der Waals surface area contributed by atoms with E-state index in [0.717, 1.165) is 37.9 Å². The molecule has 1 saturated heterocycles. The number of aryl methyl sites for hydroxylation is 2. The summed E-state index contributed by atoms with van der Waals surface area (Å²) in [5.74, 6) is 0.449. The van der Waals surface area contributed by atoms with Crippen molar-refractivity contribution in [3.05, 3.63) is 59.2 Å². The first kappa shape index (κ1) is 23.3. The molecular weight excluding hydrogens is 412 g/mol. The number of carbonyl (C=O) groups excluding carboxylic acids is 1. The number of benzene rings is 2. The second kappa shape index (κ2) is 10.8. The molecule has 0 atom stereocenters. The van der Waals surface area contributed by atoms with E-state index in [4.69, 9.17) is 4.74 Å². The van der Waals surface area contributed by atoms with E-state index in [1.165, 1.54) is 11.6 Å². The molecule has 1 aliphatic rings. The van der Waals surface area contributed by atoms with Gasteiger partial charge in [0.2, 0.25) is 10.0 Å². The largest absolute Gasteiger partial charge is 0.492 e. The minimum atomic E-state index is -3.61. The third-order valence-electron chi connectivity index (χ3n) is 5.62. The van der Waals surface area contributed by atoms with E-state index >= 15 is 0 Å². The Hall–Kier alpha value is -2.38. The first-order valence-corrected chi connectivity index (χ1v) is 12.5. The van der Waals surface area contributed by atoms with E-state index in [0.29, 0.717) is 37.4 Å². The van der Waals surface area contributed by atoms with Gasteiger partial charge in [-0.1, -0.05) is 38.0 Å². The fraction of sp³-hybridized carbons (Fsp3) is 0.458. The van der Waals surface area contributed by atoms with Crippen molar-refractivity contribution in [2.75, 3.05) is 26.2 Å². The van der Waals surface area contributed by atoms with Crippen molar-refractivity contribution in [3.63, 3.8) is 0 Å². The normalized spacial score (nSPS) is 15.3. The van der Waals surface area contributed by atoms with Gasteiger partial charge in [0.25, 0.3) is 5.91 Å². The number of hydrogen-bond acceptors (Lipinski definition) is 4. The molecule has 1 aliphatic heterocycles. The molecule has 0 bridgehead atoms. The Morgan fingerprint density at radius 1 is 1.03 bits per heavy atom. The van der Waals surface area contributed by atoms with Crippen LogP contribution >= 0.6 is 0 Å². The molecule has 0 radical (unpaired) electrons. The lowest BCUT2D eigenvalue weighted by molar-refractivity contribution is 0.0946. The van der Waals surface area contributed by atoms with Crippen LogP contribution in [0.3, 0.4) is 0 Å². The van der Waals surface area contributed by atoms with Crippen molar-refractivity contribution >= 4 is 15.9 Å². The zero-order valence-electron chi connectivity index (χ0n) is 18.4. The van der Waals surface area contributed by atoms with Gasteiger partial charge < -0.3 is 10.1 Å². The Morgan fingerprint density at radius 3 is 2.35 bits per heavy atom. The van der Waals surface area contributed by atoms with Crippen molar-refractivity contribution < 1.29 is 17.9 Å². The molecule has 0 aromatic heterocycles. The zero-order valence-corrected chi connectivity index (χ0v) is 19.2. The summed E-state index contributed by atoms with van der Waals surface area (Å²) in [5, 5.41) is 2.81. The van der Waals surface area contributed by atoms with Crippen LogP contribution in [0.1, 0.15) is 54.1 Å². The van der Waals surface area contributed by atoms with E-state index in [-0.39, 0.29) is 10.8 Å². The number of nitrogens with zero attached hydrogens (tertiary/aromatic N) is 1. The molecule has 0 unspecified atom stereocenters. The van der Waals surface area contributed by atoms with Gasteiger partial charge in [0.1, 0.15) is 12.4 Å². The Morgan fingerprint density at radius 2 is 1.71 bits per heavy atom. The highest BCUT2D eigenvalue weighted by Gasteiger charge is 2.27. The molecule has 7 heteroatoms. The lowest BCUT2D eigenvalue weighted by Gasteiger charge is -2.21. The lowest BCUT2D eigenvalue weighted by atomic mass is 10.1. The van der Waals surface area contributed by atoms with Crippen LogP contribution in [0.25, 0.3) is 0 Å². The number of ether oxygens (including phenoxy) is 1. The van der Waals surface area contributed by atoms with Gasteiger partial charge in [-0.15, -0.1) is 0 Å². The molecule has 2 aromatic rings. The molecule has 2 aromatic carbocycles. The predicted octanol–water partition coefficient (Wildman–Crippen LogP) is 3.93. The topological polar surface area (TPSA) is 75.7 Å². The fourth-order valence-corrected chi connectivity index (χ4v) is 5.47. The Kier molecular flexibility index (Phi) is 8.09.